The van der Waals surface area contributed by atoms with E-state index in [1.165, 1.54) is 38.8 Å². The van der Waals surface area contributed by atoms with Crippen LogP contribution in [0, 0.1) is 0 Å². The molecule has 0 bridgehead atoms. The quantitative estimate of drug-likeness (QED) is 0.891. The molecule has 1 aromatic heterocycles. The minimum absolute atomic E-state index is 0.0177. The molecule has 4 nitrogen and oxygen atoms in total. The van der Waals surface area contributed by atoms with E-state index in [4.69, 9.17) is 0 Å². The number of pyridine rings is 1. The molecule has 1 fully saturated rings. The second-order valence-electron chi connectivity index (χ2n) is 6.03. The summed E-state index contributed by atoms with van der Waals surface area (Å²) in [6.07, 6.45) is 5.36. The molecule has 0 amide bonds. The average molecular weight is 299 g/mol. The standard InChI is InChI=1S/C18H25N3O/c22-14-16-13-15-7-3-4-8-17(15)20-18(16)19-9-12-21-10-5-1-2-6-11-21/h3-4,7-8,13,22H,1-2,5-6,9-12,14H2,(H,19,20). The molecule has 0 atom stereocenters. The summed E-state index contributed by atoms with van der Waals surface area (Å²) in [4.78, 5) is 7.18. The van der Waals surface area contributed by atoms with E-state index in [1.807, 2.05) is 30.3 Å². The summed E-state index contributed by atoms with van der Waals surface area (Å²) in [7, 11) is 0. The van der Waals surface area contributed by atoms with Gasteiger partial charge >= 0.3 is 0 Å². The molecule has 4 heteroatoms. The number of aromatic nitrogens is 1. The van der Waals surface area contributed by atoms with Crippen molar-refractivity contribution in [2.75, 3.05) is 31.5 Å². The zero-order chi connectivity index (χ0) is 15.2. The molecule has 1 aliphatic heterocycles. The lowest BCUT2D eigenvalue weighted by atomic mass is 10.1. The van der Waals surface area contributed by atoms with Crippen LogP contribution in [0.25, 0.3) is 10.9 Å². The van der Waals surface area contributed by atoms with Crippen LogP contribution < -0.4 is 5.32 Å². The van der Waals surface area contributed by atoms with Gasteiger partial charge in [-0.05, 0) is 38.1 Å². The monoisotopic (exact) mass is 299 g/mol. The third-order valence-electron chi connectivity index (χ3n) is 4.39. The predicted molar refractivity (Wildman–Crippen MR) is 91.1 cm³/mol. The normalized spacial score (nSPS) is 16.6. The molecule has 118 valence electrons. The highest BCUT2D eigenvalue weighted by Gasteiger charge is 2.10. The number of nitrogens with one attached hydrogen (secondary N) is 1. The van der Waals surface area contributed by atoms with Gasteiger partial charge in [0.2, 0.25) is 0 Å². The lowest BCUT2D eigenvalue weighted by molar-refractivity contribution is 0.281. The Morgan fingerprint density at radius 2 is 1.86 bits per heavy atom. The Morgan fingerprint density at radius 3 is 2.64 bits per heavy atom. The molecule has 22 heavy (non-hydrogen) atoms. The fourth-order valence-electron chi connectivity index (χ4n) is 3.13. The van der Waals surface area contributed by atoms with Crippen molar-refractivity contribution >= 4 is 16.7 Å². The van der Waals surface area contributed by atoms with E-state index in [-0.39, 0.29) is 6.61 Å². The van der Waals surface area contributed by atoms with Crippen LogP contribution in [-0.2, 0) is 6.61 Å². The number of aliphatic hydroxyl groups excluding tert-OH is 1. The molecule has 1 saturated heterocycles. The molecule has 1 aliphatic rings. The molecule has 0 aliphatic carbocycles. The summed E-state index contributed by atoms with van der Waals surface area (Å²) in [5, 5.41) is 14.1. The molecule has 2 aromatic rings. The van der Waals surface area contributed by atoms with Crippen LogP contribution in [0.1, 0.15) is 31.2 Å². The van der Waals surface area contributed by atoms with Crippen molar-refractivity contribution in [3.8, 4) is 0 Å². The lowest BCUT2D eigenvalue weighted by Crippen LogP contribution is -2.30. The van der Waals surface area contributed by atoms with Crippen LogP contribution in [0.5, 0.6) is 0 Å². The van der Waals surface area contributed by atoms with Gasteiger partial charge in [0.15, 0.2) is 0 Å². The van der Waals surface area contributed by atoms with Gasteiger partial charge in [-0.25, -0.2) is 4.98 Å². The first-order chi connectivity index (χ1) is 10.9. The maximum Gasteiger partial charge on any atom is 0.132 e. The number of rotatable bonds is 5. The molecular formula is C18H25N3O. The Bertz CT molecular complexity index is 606. The molecular weight excluding hydrogens is 274 g/mol. The molecule has 0 spiro atoms. The minimum atomic E-state index is 0.0177. The number of hydrogen-bond donors (Lipinski definition) is 2. The van der Waals surface area contributed by atoms with Crippen molar-refractivity contribution in [3.63, 3.8) is 0 Å². The van der Waals surface area contributed by atoms with E-state index in [1.54, 1.807) is 0 Å². The van der Waals surface area contributed by atoms with Crippen molar-refractivity contribution in [1.29, 1.82) is 0 Å². The van der Waals surface area contributed by atoms with Crippen molar-refractivity contribution in [3.05, 3.63) is 35.9 Å². The fraction of sp³-hybridized carbons (Fsp3) is 0.500. The van der Waals surface area contributed by atoms with Gasteiger partial charge in [-0.15, -0.1) is 0 Å². The van der Waals surface area contributed by atoms with Gasteiger partial charge in [-0.1, -0.05) is 31.0 Å². The zero-order valence-corrected chi connectivity index (χ0v) is 13.1. The first-order valence-corrected chi connectivity index (χ1v) is 8.32. The van der Waals surface area contributed by atoms with Crippen LogP contribution in [-0.4, -0.2) is 41.2 Å². The van der Waals surface area contributed by atoms with Gasteiger partial charge in [0.25, 0.3) is 0 Å². The number of para-hydroxylation sites is 1. The molecule has 2 heterocycles. The number of hydrogen-bond acceptors (Lipinski definition) is 4. The zero-order valence-electron chi connectivity index (χ0n) is 13.1. The van der Waals surface area contributed by atoms with Crippen LogP contribution in [0.15, 0.2) is 30.3 Å². The highest BCUT2D eigenvalue weighted by atomic mass is 16.3. The smallest absolute Gasteiger partial charge is 0.132 e. The predicted octanol–water partition coefficient (Wildman–Crippen LogP) is 3.02. The van der Waals surface area contributed by atoms with E-state index in [0.29, 0.717) is 0 Å². The van der Waals surface area contributed by atoms with Gasteiger partial charge in [0, 0.05) is 24.0 Å². The highest BCUT2D eigenvalue weighted by Crippen LogP contribution is 2.20. The maximum atomic E-state index is 9.57. The van der Waals surface area contributed by atoms with E-state index in [2.05, 4.69) is 15.2 Å². The second kappa shape index (κ2) is 7.56. The molecule has 0 unspecified atom stereocenters. The van der Waals surface area contributed by atoms with Crippen LogP contribution >= 0.6 is 0 Å². The number of aliphatic hydroxyl groups is 1. The van der Waals surface area contributed by atoms with Gasteiger partial charge < -0.3 is 15.3 Å². The number of likely N-dealkylation sites (tertiary alicyclic amines) is 1. The highest BCUT2D eigenvalue weighted by molar-refractivity contribution is 5.81. The summed E-state index contributed by atoms with van der Waals surface area (Å²) in [5.74, 6) is 0.816. The van der Waals surface area contributed by atoms with Crippen LogP contribution in [0.2, 0.25) is 0 Å². The third kappa shape index (κ3) is 3.76. The largest absolute Gasteiger partial charge is 0.392 e. The number of benzene rings is 1. The van der Waals surface area contributed by atoms with Crippen molar-refractivity contribution in [2.45, 2.75) is 32.3 Å². The van der Waals surface area contributed by atoms with Gasteiger partial charge in [0.05, 0.1) is 12.1 Å². The summed E-state index contributed by atoms with van der Waals surface area (Å²) in [6, 6.07) is 10.1. The van der Waals surface area contributed by atoms with Gasteiger partial charge in [0.1, 0.15) is 5.82 Å². The second-order valence-corrected chi connectivity index (χ2v) is 6.03. The third-order valence-corrected chi connectivity index (χ3v) is 4.39. The summed E-state index contributed by atoms with van der Waals surface area (Å²) in [6.45, 7) is 4.35. The topological polar surface area (TPSA) is 48.4 Å². The average Bonchev–Trinajstić information content (AvgIpc) is 2.83. The Kier molecular flexibility index (Phi) is 5.24. The number of fused-ring (bicyclic) bond motifs is 1. The van der Waals surface area contributed by atoms with Gasteiger partial charge in [-0.3, -0.25) is 0 Å². The Labute approximate surface area is 132 Å². The van der Waals surface area contributed by atoms with Gasteiger partial charge in [-0.2, -0.15) is 0 Å². The van der Waals surface area contributed by atoms with Crippen molar-refractivity contribution in [1.82, 2.24) is 9.88 Å². The van der Waals surface area contributed by atoms with E-state index >= 15 is 0 Å². The van der Waals surface area contributed by atoms with E-state index < -0.39 is 0 Å². The first-order valence-electron chi connectivity index (χ1n) is 8.32. The van der Waals surface area contributed by atoms with Crippen LogP contribution in [0.3, 0.4) is 0 Å². The lowest BCUT2D eigenvalue weighted by Gasteiger charge is -2.20. The summed E-state index contributed by atoms with van der Waals surface area (Å²) < 4.78 is 0. The van der Waals surface area contributed by atoms with Crippen molar-refractivity contribution < 1.29 is 5.11 Å². The summed E-state index contributed by atoms with van der Waals surface area (Å²) in [5.41, 5.74) is 1.84. The molecule has 2 N–H and O–H groups in total. The first kappa shape index (κ1) is 15.3. The molecule has 3 rings (SSSR count). The molecule has 0 radical (unpaired) electrons. The molecule has 1 aromatic carbocycles. The Morgan fingerprint density at radius 1 is 1.09 bits per heavy atom. The van der Waals surface area contributed by atoms with Crippen molar-refractivity contribution in [2.24, 2.45) is 0 Å². The van der Waals surface area contributed by atoms with E-state index in [0.717, 1.165) is 35.4 Å². The maximum absolute atomic E-state index is 9.57. The SMILES string of the molecule is OCc1cc2ccccc2nc1NCCN1CCCCCC1. The molecule has 0 saturated carbocycles. The summed E-state index contributed by atoms with van der Waals surface area (Å²) >= 11 is 0. The van der Waals surface area contributed by atoms with E-state index in [9.17, 15) is 5.11 Å². The number of nitrogens with zero attached hydrogens (tertiary/aromatic N) is 2. The number of anilines is 1. The Hall–Kier alpha value is -1.65. The van der Waals surface area contributed by atoms with Crippen LogP contribution in [0.4, 0.5) is 5.82 Å². The fourth-order valence-corrected chi connectivity index (χ4v) is 3.13. The Balaban J connectivity index is 1.64. The minimum Gasteiger partial charge on any atom is -0.392 e.